The molecule has 2 N–H and O–H groups in total. The van der Waals surface area contributed by atoms with Crippen LogP contribution in [0.4, 0.5) is 6.01 Å². The van der Waals surface area contributed by atoms with Crippen molar-refractivity contribution in [1.29, 1.82) is 0 Å². The Labute approximate surface area is 81.6 Å². The smallest absolute Gasteiger partial charge is 0.292 e. The minimum atomic E-state index is 0.152. The van der Waals surface area contributed by atoms with Crippen molar-refractivity contribution < 1.29 is 4.42 Å². The average molecular weight is 247 g/mol. The number of halogens is 2. The SMILES string of the molecule is Nc1nc2cc(Cl)c(Br)cc2o1. The van der Waals surface area contributed by atoms with E-state index in [1.54, 1.807) is 12.1 Å². The van der Waals surface area contributed by atoms with Crippen molar-refractivity contribution in [2.45, 2.75) is 0 Å². The number of benzene rings is 1. The molecule has 1 heterocycles. The largest absolute Gasteiger partial charge is 0.424 e. The Hall–Kier alpha value is -0.740. The number of nitrogen functional groups attached to an aromatic ring is 1. The normalized spacial score (nSPS) is 10.8. The number of hydrogen-bond acceptors (Lipinski definition) is 3. The Morgan fingerprint density at radius 1 is 1.50 bits per heavy atom. The Bertz CT molecular complexity index is 401. The molecule has 0 radical (unpaired) electrons. The highest BCUT2D eigenvalue weighted by Gasteiger charge is 2.05. The number of aromatic nitrogens is 1. The van der Waals surface area contributed by atoms with Crippen molar-refractivity contribution in [3.63, 3.8) is 0 Å². The van der Waals surface area contributed by atoms with E-state index in [0.29, 0.717) is 16.1 Å². The van der Waals surface area contributed by atoms with Gasteiger partial charge in [0, 0.05) is 4.47 Å². The lowest BCUT2D eigenvalue weighted by molar-refractivity contribution is 0.626. The molecule has 0 amide bonds. The number of anilines is 1. The van der Waals surface area contributed by atoms with Gasteiger partial charge in [0.2, 0.25) is 0 Å². The molecule has 2 aromatic rings. The number of oxazole rings is 1. The van der Waals surface area contributed by atoms with Gasteiger partial charge in [-0.1, -0.05) is 11.6 Å². The predicted molar refractivity (Wildman–Crippen MR) is 51.1 cm³/mol. The molecule has 2 rings (SSSR count). The van der Waals surface area contributed by atoms with E-state index < -0.39 is 0 Å². The van der Waals surface area contributed by atoms with E-state index in [4.69, 9.17) is 21.8 Å². The Morgan fingerprint density at radius 2 is 2.25 bits per heavy atom. The molecule has 0 fully saturated rings. The van der Waals surface area contributed by atoms with Crippen molar-refractivity contribution in [3.05, 3.63) is 21.6 Å². The highest BCUT2D eigenvalue weighted by molar-refractivity contribution is 9.10. The maximum Gasteiger partial charge on any atom is 0.292 e. The fourth-order valence-corrected chi connectivity index (χ4v) is 1.42. The Kier molecular flexibility index (Phi) is 1.73. The zero-order valence-corrected chi connectivity index (χ0v) is 8.19. The third-order valence-corrected chi connectivity index (χ3v) is 2.64. The average Bonchev–Trinajstić information content (AvgIpc) is 2.30. The molecule has 0 spiro atoms. The zero-order valence-electron chi connectivity index (χ0n) is 5.84. The minimum Gasteiger partial charge on any atom is -0.424 e. The maximum atomic E-state index is 5.83. The molecule has 1 aromatic carbocycles. The fourth-order valence-electron chi connectivity index (χ4n) is 0.941. The van der Waals surface area contributed by atoms with Gasteiger partial charge in [-0.25, -0.2) is 0 Å². The summed E-state index contributed by atoms with van der Waals surface area (Å²) < 4.78 is 5.85. The molecule has 1 aromatic heterocycles. The van der Waals surface area contributed by atoms with Crippen LogP contribution in [0.25, 0.3) is 11.1 Å². The highest BCUT2D eigenvalue weighted by Crippen LogP contribution is 2.28. The molecule has 0 atom stereocenters. The van der Waals surface area contributed by atoms with Gasteiger partial charge in [-0.05, 0) is 28.1 Å². The molecule has 0 aliphatic carbocycles. The highest BCUT2D eigenvalue weighted by atomic mass is 79.9. The molecular weight excluding hydrogens is 243 g/mol. The van der Waals surface area contributed by atoms with Gasteiger partial charge in [0.15, 0.2) is 5.58 Å². The first kappa shape index (κ1) is 7.89. The van der Waals surface area contributed by atoms with Gasteiger partial charge in [-0.15, -0.1) is 0 Å². The van der Waals surface area contributed by atoms with E-state index in [1.165, 1.54) is 0 Å². The van der Waals surface area contributed by atoms with E-state index in [1.807, 2.05) is 0 Å². The second-order valence-electron chi connectivity index (χ2n) is 2.29. The summed E-state index contributed by atoms with van der Waals surface area (Å²) in [5.74, 6) is 0. The van der Waals surface area contributed by atoms with Gasteiger partial charge in [-0.2, -0.15) is 4.98 Å². The van der Waals surface area contributed by atoms with Crippen LogP contribution in [-0.4, -0.2) is 4.98 Å². The summed E-state index contributed by atoms with van der Waals surface area (Å²) in [5.41, 5.74) is 6.65. The van der Waals surface area contributed by atoms with Crippen LogP contribution in [0.5, 0.6) is 0 Å². The number of nitrogens with two attached hydrogens (primary N) is 1. The molecule has 12 heavy (non-hydrogen) atoms. The molecule has 0 saturated carbocycles. The lowest BCUT2D eigenvalue weighted by atomic mass is 10.3. The van der Waals surface area contributed by atoms with Crippen molar-refractivity contribution in [1.82, 2.24) is 4.98 Å². The zero-order chi connectivity index (χ0) is 8.72. The molecule has 0 bridgehead atoms. The monoisotopic (exact) mass is 246 g/mol. The summed E-state index contributed by atoms with van der Waals surface area (Å²) in [5, 5.41) is 0.593. The molecular formula is C7H4BrClN2O. The topological polar surface area (TPSA) is 52.0 Å². The third-order valence-electron chi connectivity index (χ3n) is 1.45. The summed E-state index contributed by atoms with van der Waals surface area (Å²) >= 11 is 9.09. The first-order chi connectivity index (χ1) is 5.66. The molecule has 0 unspecified atom stereocenters. The first-order valence-corrected chi connectivity index (χ1v) is 4.35. The second kappa shape index (κ2) is 2.64. The predicted octanol–water partition coefficient (Wildman–Crippen LogP) is 2.83. The summed E-state index contributed by atoms with van der Waals surface area (Å²) in [6.07, 6.45) is 0. The van der Waals surface area contributed by atoms with E-state index in [2.05, 4.69) is 20.9 Å². The van der Waals surface area contributed by atoms with Crippen LogP contribution in [0.1, 0.15) is 0 Å². The molecule has 0 aliphatic rings. The number of hydrogen-bond donors (Lipinski definition) is 1. The summed E-state index contributed by atoms with van der Waals surface area (Å²) in [6, 6.07) is 3.58. The molecule has 3 nitrogen and oxygen atoms in total. The quantitative estimate of drug-likeness (QED) is 0.779. The van der Waals surface area contributed by atoms with Gasteiger partial charge < -0.3 is 10.2 Å². The summed E-state index contributed by atoms with van der Waals surface area (Å²) in [7, 11) is 0. The second-order valence-corrected chi connectivity index (χ2v) is 3.55. The summed E-state index contributed by atoms with van der Waals surface area (Å²) in [4.78, 5) is 3.92. The van der Waals surface area contributed by atoms with Gasteiger partial charge in [0.1, 0.15) is 5.52 Å². The van der Waals surface area contributed by atoms with Gasteiger partial charge >= 0.3 is 0 Å². The van der Waals surface area contributed by atoms with Crippen molar-refractivity contribution in [2.75, 3.05) is 5.73 Å². The third kappa shape index (κ3) is 1.17. The van der Waals surface area contributed by atoms with E-state index >= 15 is 0 Å². The fraction of sp³-hybridized carbons (Fsp3) is 0. The number of fused-ring (bicyclic) bond motifs is 1. The van der Waals surface area contributed by atoms with Crippen LogP contribution in [0.2, 0.25) is 5.02 Å². The summed E-state index contributed by atoms with van der Waals surface area (Å²) in [6.45, 7) is 0. The van der Waals surface area contributed by atoms with Crippen molar-refractivity contribution >= 4 is 44.6 Å². The van der Waals surface area contributed by atoms with Crippen LogP contribution in [0.15, 0.2) is 21.0 Å². The van der Waals surface area contributed by atoms with Crippen molar-refractivity contribution in [3.8, 4) is 0 Å². The van der Waals surface area contributed by atoms with Gasteiger partial charge in [0.25, 0.3) is 6.01 Å². The minimum absolute atomic E-state index is 0.152. The van der Waals surface area contributed by atoms with Gasteiger partial charge in [-0.3, -0.25) is 0 Å². The Morgan fingerprint density at radius 3 is 3.00 bits per heavy atom. The standard InChI is InChI=1S/C7H4BrClN2O/c8-3-1-6-5(2-4(3)9)11-7(10)12-6/h1-2H,(H2,10,11). The molecule has 0 saturated heterocycles. The van der Waals surface area contributed by atoms with E-state index in [0.717, 1.165) is 4.47 Å². The number of rotatable bonds is 0. The van der Waals surface area contributed by atoms with Crippen molar-refractivity contribution in [2.24, 2.45) is 0 Å². The van der Waals surface area contributed by atoms with Crippen LogP contribution < -0.4 is 5.73 Å². The molecule has 5 heteroatoms. The molecule has 0 aliphatic heterocycles. The Balaban J connectivity index is 2.83. The maximum absolute atomic E-state index is 5.83. The van der Waals surface area contributed by atoms with Crippen LogP contribution in [-0.2, 0) is 0 Å². The van der Waals surface area contributed by atoms with Crippen LogP contribution >= 0.6 is 27.5 Å². The van der Waals surface area contributed by atoms with E-state index in [9.17, 15) is 0 Å². The van der Waals surface area contributed by atoms with Gasteiger partial charge in [0.05, 0.1) is 5.02 Å². The first-order valence-electron chi connectivity index (χ1n) is 3.18. The molecule has 62 valence electrons. The lowest BCUT2D eigenvalue weighted by Gasteiger charge is -1.92. The van der Waals surface area contributed by atoms with Crippen LogP contribution in [0, 0.1) is 0 Å². The van der Waals surface area contributed by atoms with E-state index in [-0.39, 0.29) is 6.01 Å². The number of nitrogens with zero attached hydrogens (tertiary/aromatic N) is 1. The van der Waals surface area contributed by atoms with Crippen LogP contribution in [0.3, 0.4) is 0 Å². The lowest BCUT2D eigenvalue weighted by Crippen LogP contribution is -1.80.